The van der Waals surface area contributed by atoms with Crippen LogP contribution in [0.25, 0.3) is 0 Å². The van der Waals surface area contributed by atoms with E-state index in [1.54, 1.807) is 12.1 Å². The molecular weight excluding hydrogens is 170 g/mol. The second kappa shape index (κ2) is 2.97. The highest BCUT2D eigenvalue weighted by molar-refractivity contribution is 5.98. The summed E-state index contributed by atoms with van der Waals surface area (Å²) in [6, 6.07) is 4.70. The molecule has 4 heteroatoms. The highest BCUT2D eigenvalue weighted by atomic mass is 16.5. The molecule has 0 saturated carbocycles. The first-order valence-corrected chi connectivity index (χ1v) is 3.97. The average Bonchev–Trinajstić information content (AvgIpc) is 2.62. The Hall–Kier alpha value is -1.71. The van der Waals surface area contributed by atoms with Crippen LogP contribution in [0.2, 0.25) is 0 Å². The monoisotopic (exact) mass is 179 g/mol. The van der Waals surface area contributed by atoms with Crippen LogP contribution in [-0.4, -0.2) is 29.3 Å². The summed E-state index contributed by atoms with van der Waals surface area (Å²) in [7, 11) is 0. The first-order valence-electron chi connectivity index (χ1n) is 3.97. The van der Waals surface area contributed by atoms with E-state index in [0.717, 1.165) is 0 Å². The molecule has 0 atom stereocenters. The lowest BCUT2D eigenvalue weighted by Crippen LogP contribution is -2.00. The molecule has 0 unspecified atom stereocenters. The van der Waals surface area contributed by atoms with Gasteiger partial charge in [-0.1, -0.05) is 6.07 Å². The predicted octanol–water partition coefficient (Wildman–Crippen LogP) is 0.875. The van der Waals surface area contributed by atoms with E-state index in [1.807, 2.05) is 0 Å². The van der Waals surface area contributed by atoms with Gasteiger partial charge in [0.05, 0.1) is 12.1 Å². The maximum absolute atomic E-state index is 9.45. The second-order valence-corrected chi connectivity index (χ2v) is 2.71. The standard InChI is InChI=1S/C9H9NO3/c11-7-3-1-2-6(8(7)12)9-10-4-5-13-9/h1-3,11-12H,4-5H2. The van der Waals surface area contributed by atoms with Crippen molar-refractivity contribution in [3.63, 3.8) is 0 Å². The Kier molecular flexibility index (Phi) is 1.81. The molecule has 0 aliphatic carbocycles. The summed E-state index contributed by atoms with van der Waals surface area (Å²) in [6.45, 7) is 1.13. The van der Waals surface area contributed by atoms with Crippen molar-refractivity contribution in [2.24, 2.45) is 4.99 Å². The summed E-state index contributed by atoms with van der Waals surface area (Å²) in [4.78, 5) is 4.03. The van der Waals surface area contributed by atoms with Gasteiger partial charge >= 0.3 is 0 Å². The predicted molar refractivity (Wildman–Crippen MR) is 47.1 cm³/mol. The molecule has 0 spiro atoms. The van der Waals surface area contributed by atoms with Crippen LogP contribution in [0.1, 0.15) is 5.56 Å². The van der Waals surface area contributed by atoms with Gasteiger partial charge in [0.2, 0.25) is 5.90 Å². The van der Waals surface area contributed by atoms with E-state index < -0.39 is 0 Å². The van der Waals surface area contributed by atoms with E-state index in [4.69, 9.17) is 4.74 Å². The number of hydrogen-bond donors (Lipinski definition) is 2. The molecule has 2 N–H and O–H groups in total. The van der Waals surface area contributed by atoms with Crippen LogP contribution in [0.15, 0.2) is 23.2 Å². The van der Waals surface area contributed by atoms with Gasteiger partial charge in [-0.3, -0.25) is 0 Å². The van der Waals surface area contributed by atoms with Crippen LogP contribution in [0, 0.1) is 0 Å². The Balaban J connectivity index is 2.45. The first-order chi connectivity index (χ1) is 6.29. The summed E-state index contributed by atoms with van der Waals surface area (Å²) < 4.78 is 5.15. The zero-order valence-electron chi connectivity index (χ0n) is 6.90. The summed E-state index contributed by atoms with van der Waals surface area (Å²) >= 11 is 0. The molecule has 0 bridgehead atoms. The number of hydrogen-bond acceptors (Lipinski definition) is 4. The third kappa shape index (κ3) is 1.30. The fourth-order valence-electron chi connectivity index (χ4n) is 1.20. The molecule has 0 radical (unpaired) electrons. The number of aliphatic imine (C=N–C) groups is 1. The van der Waals surface area contributed by atoms with E-state index in [0.29, 0.717) is 24.6 Å². The van der Waals surface area contributed by atoms with Crippen LogP contribution >= 0.6 is 0 Å². The van der Waals surface area contributed by atoms with E-state index in [1.165, 1.54) is 6.07 Å². The number of benzene rings is 1. The van der Waals surface area contributed by atoms with Gasteiger partial charge in [-0.05, 0) is 12.1 Å². The topological polar surface area (TPSA) is 62.1 Å². The largest absolute Gasteiger partial charge is 0.504 e. The van der Waals surface area contributed by atoms with Gasteiger partial charge in [-0.15, -0.1) is 0 Å². The van der Waals surface area contributed by atoms with Gasteiger partial charge in [0.1, 0.15) is 6.61 Å². The van der Waals surface area contributed by atoms with Crippen LogP contribution in [0.3, 0.4) is 0 Å². The highest BCUT2D eigenvalue weighted by Gasteiger charge is 2.15. The lowest BCUT2D eigenvalue weighted by Gasteiger charge is -2.04. The van der Waals surface area contributed by atoms with Crippen LogP contribution < -0.4 is 0 Å². The van der Waals surface area contributed by atoms with Crippen molar-refractivity contribution in [1.82, 2.24) is 0 Å². The highest BCUT2D eigenvalue weighted by Crippen LogP contribution is 2.29. The molecule has 1 aromatic rings. The molecule has 1 heterocycles. The molecule has 1 aliphatic heterocycles. The Morgan fingerprint density at radius 2 is 2.15 bits per heavy atom. The minimum atomic E-state index is -0.178. The number of rotatable bonds is 1. The molecule has 0 amide bonds. The van der Waals surface area contributed by atoms with Gasteiger partial charge < -0.3 is 14.9 Å². The molecule has 0 aromatic heterocycles. The third-order valence-corrected chi connectivity index (χ3v) is 1.83. The maximum atomic E-state index is 9.45. The number of para-hydroxylation sites is 1. The molecule has 4 nitrogen and oxygen atoms in total. The van der Waals surface area contributed by atoms with Crippen LogP contribution in [-0.2, 0) is 4.74 Å². The van der Waals surface area contributed by atoms with E-state index in [9.17, 15) is 10.2 Å². The zero-order chi connectivity index (χ0) is 9.26. The minimum absolute atomic E-state index is 0.157. The number of nitrogens with zero attached hydrogens (tertiary/aromatic N) is 1. The van der Waals surface area contributed by atoms with E-state index >= 15 is 0 Å². The van der Waals surface area contributed by atoms with Crippen LogP contribution in [0.5, 0.6) is 11.5 Å². The third-order valence-electron chi connectivity index (χ3n) is 1.83. The van der Waals surface area contributed by atoms with Crippen molar-refractivity contribution < 1.29 is 14.9 Å². The first kappa shape index (κ1) is 7.91. The van der Waals surface area contributed by atoms with Crippen molar-refractivity contribution in [3.8, 4) is 11.5 Å². The van der Waals surface area contributed by atoms with Crippen molar-refractivity contribution in [1.29, 1.82) is 0 Å². The second-order valence-electron chi connectivity index (χ2n) is 2.71. The van der Waals surface area contributed by atoms with Crippen molar-refractivity contribution in [3.05, 3.63) is 23.8 Å². The number of phenols is 2. The maximum Gasteiger partial charge on any atom is 0.220 e. The molecule has 68 valence electrons. The Morgan fingerprint density at radius 3 is 2.85 bits per heavy atom. The smallest absolute Gasteiger partial charge is 0.220 e. The Labute approximate surface area is 75.1 Å². The lowest BCUT2D eigenvalue weighted by atomic mass is 10.2. The summed E-state index contributed by atoms with van der Waals surface area (Å²) in [6.07, 6.45) is 0. The summed E-state index contributed by atoms with van der Waals surface area (Å²) in [5.74, 6) is 0.0623. The number of ether oxygens (including phenoxy) is 1. The van der Waals surface area contributed by atoms with Crippen molar-refractivity contribution in [2.45, 2.75) is 0 Å². The molecule has 1 aromatic carbocycles. The molecule has 0 saturated heterocycles. The zero-order valence-corrected chi connectivity index (χ0v) is 6.90. The minimum Gasteiger partial charge on any atom is -0.504 e. The van der Waals surface area contributed by atoms with Gasteiger partial charge in [0.15, 0.2) is 11.5 Å². The Morgan fingerprint density at radius 1 is 1.31 bits per heavy atom. The summed E-state index contributed by atoms with van der Waals surface area (Å²) in [5, 5.41) is 18.6. The molecule has 0 fully saturated rings. The van der Waals surface area contributed by atoms with Crippen LogP contribution in [0.4, 0.5) is 0 Å². The van der Waals surface area contributed by atoms with Gasteiger partial charge in [0.25, 0.3) is 0 Å². The SMILES string of the molecule is Oc1cccc(C2=NCCO2)c1O. The molecule has 1 aliphatic rings. The quantitative estimate of drug-likeness (QED) is 0.629. The van der Waals surface area contributed by atoms with E-state index in [-0.39, 0.29) is 11.5 Å². The fourth-order valence-corrected chi connectivity index (χ4v) is 1.20. The summed E-state index contributed by atoms with van der Waals surface area (Å²) in [5.41, 5.74) is 0.442. The molecular formula is C9H9NO3. The average molecular weight is 179 g/mol. The number of aromatic hydroxyl groups is 2. The van der Waals surface area contributed by atoms with Gasteiger partial charge in [0, 0.05) is 0 Å². The van der Waals surface area contributed by atoms with Gasteiger partial charge in [-0.25, -0.2) is 4.99 Å². The fraction of sp³-hybridized carbons (Fsp3) is 0.222. The number of phenolic OH excluding ortho intramolecular Hbond substituents is 2. The van der Waals surface area contributed by atoms with Gasteiger partial charge in [-0.2, -0.15) is 0 Å². The normalized spacial score (nSPS) is 15.2. The lowest BCUT2D eigenvalue weighted by molar-refractivity contribution is 0.344. The van der Waals surface area contributed by atoms with Crippen molar-refractivity contribution >= 4 is 5.90 Å². The van der Waals surface area contributed by atoms with E-state index in [2.05, 4.69) is 4.99 Å². The molecule has 2 rings (SSSR count). The Bertz CT molecular complexity index is 360. The van der Waals surface area contributed by atoms with Crippen molar-refractivity contribution in [2.75, 3.05) is 13.2 Å². The molecule has 13 heavy (non-hydrogen) atoms.